The van der Waals surface area contributed by atoms with Crippen LogP contribution in [0.5, 0.6) is 5.75 Å². The van der Waals surface area contributed by atoms with E-state index < -0.39 is 29.2 Å². The molecule has 3 rings (SSSR count). The maximum atomic E-state index is 14.8. The molecular formula is C22H25F3O4. The van der Waals surface area contributed by atoms with Crippen molar-refractivity contribution in [2.24, 2.45) is 11.8 Å². The van der Waals surface area contributed by atoms with Gasteiger partial charge in [0.2, 0.25) is 0 Å². The van der Waals surface area contributed by atoms with Gasteiger partial charge in [0, 0.05) is 13.5 Å². The number of fused-ring (bicyclic) bond motifs is 1. The van der Waals surface area contributed by atoms with Crippen molar-refractivity contribution in [3.63, 3.8) is 0 Å². The molecule has 0 atom stereocenters. The molecule has 2 aromatic rings. The van der Waals surface area contributed by atoms with Gasteiger partial charge in [0.05, 0.1) is 12.5 Å². The van der Waals surface area contributed by atoms with E-state index in [0.29, 0.717) is 37.0 Å². The number of halogens is 3. The Hall–Kier alpha value is -2.28. The number of hydrogen-bond donors (Lipinski definition) is 0. The number of aryl methyl sites for hydroxylation is 1. The van der Waals surface area contributed by atoms with Gasteiger partial charge < -0.3 is 13.9 Å². The van der Waals surface area contributed by atoms with Gasteiger partial charge in [0.25, 0.3) is 0 Å². The van der Waals surface area contributed by atoms with Crippen LogP contribution in [0.25, 0.3) is 10.8 Å². The Balaban J connectivity index is 1.75. The van der Waals surface area contributed by atoms with E-state index in [2.05, 4.69) is 0 Å². The van der Waals surface area contributed by atoms with Gasteiger partial charge in [-0.2, -0.15) is 8.78 Å². The smallest absolute Gasteiger partial charge is 0.400 e. The summed E-state index contributed by atoms with van der Waals surface area (Å²) in [6, 6.07) is 4.07. The topological polar surface area (TPSA) is 48.7 Å². The summed E-state index contributed by atoms with van der Waals surface area (Å²) in [6.07, 6.45) is 2.57. The van der Waals surface area contributed by atoms with E-state index in [9.17, 15) is 18.0 Å². The lowest BCUT2D eigenvalue weighted by Crippen LogP contribution is -2.37. The summed E-state index contributed by atoms with van der Waals surface area (Å²) < 4.78 is 58.9. The van der Waals surface area contributed by atoms with Crippen LogP contribution in [-0.2, 0) is 11.2 Å². The molecule has 1 aromatic heterocycles. The number of rotatable bonds is 7. The highest BCUT2D eigenvalue weighted by Gasteiger charge is 2.44. The molecule has 0 aliphatic heterocycles. The first-order chi connectivity index (χ1) is 13.9. The molecule has 0 unspecified atom stereocenters. The van der Waals surface area contributed by atoms with Gasteiger partial charge in [-0.05, 0) is 49.1 Å². The number of benzene rings is 1. The standard InChI is InChI=1S/C22H25F3O4/c1-3-17-13-15-8-11-18(20(23)19(15)21(26)28-17)29-22(24,25)16-9-6-14(7-10-16)5-4-12-27-2/h4-5,8,11,13-14,16H,3,6-7,9-10,12H2,1-2H3/b5-4+. The van der Waals surface area contributed by atoms with Crippen molar-refractivity contribution in [2.75, 3.05) is 13.7 Å². The third-order valence-electron chi connectivity index (χ3n) is 5.40. The minimum absolute atomic E-state index is 0.229. The quantitative estimate of drug-likeness (QED) is 0.568. The van der Waals surface area contributed by atoms with Gasteiger partial charge in [0.15, 0.2) is 11.6 Å². The normalized spacial score (nSPS) is 20.4. The molecule has 0 N–H and O–H groups in total. The van der Waals surface area contributed by atoms with Crippen molar-refractivity contribution in [1.82, 2.24) is 0 Å². The zero-order valence-corrected chi connectivity index (χ0v) is 16.6. The fraction of sp³-hybridized carbons (Fsp3) is 0.500. The van der Waals surface area contributed by atoms with E-state index in [0.717, 1.165) is 6.07 Å². The lowest BCUT2D eigenvalue weighted by Gasteiger charge is -2.32. The summed E-state index contributed by atoms with van der Waals surface area (Å²) in [7, 11) is 1.59. The fourth-order valence-electron chi connectivity index (χ4n) is 3.75. The molecule has 4 nitrogen and oxygen atoms in total. The summed E-state index contributed by atoms with van der Waals surface area (Å²) in [5, 5.41) is -0.0721. The van der Waals surface area contributed by atoms with Crippen molar-refractivity contribution in [3.8, 4) is 5.75 Å². The zero-order valence-electron chi connectivity index (χ0n) is 16.6. The Morgan fingerprint density at radius 3 is 2.62 bits per heavy atom. The van der Waals surface area contributed by atoms with E-state index in [-0.39, 0.29) is 24.1 Å². The predicted molar refractivity (Wildman–Crippen MR) is 104 cm³/mol. The molecule has 158 valence electrons. The molecule has 7 heteroatoms. The molecule has 29 heavy (non-hydrogen) atoms. The van der Waals surface area contributed by atoms with Crippen molar-refractivity contribution in [3.05, 3.63) is 52.3 Å². The SMILES string of the molecule is CCc1cc2ccc(OC(F)(F)C3CCC(/C=C/COC)CC3)c(F)c2c(=O)o1. The summed E-state index contributed by atoms with van der Waals surface area (Å²) in [6.45, 7) is 2.29. The van der Waals surface area contributed by atoms with Crippen LogP contribution < -0.4 is 10.4 Å². The van der Waals surface area contributed by atoms with E-state index in [1.165, 1.54) is 12.1 Å². The molecule has 0 bridgehead atoms. The molecule has 1 fully saturated rings. The lowest BCUT2D eigenvalue weighted by molar-refractivity contribution is -0.224. The van der Waals surface area contributed by atoms with E-state index in [1.807, 2.05) is 12.2 Å². The van der Waals surface area contributed by atoms with Crippen molar-refractivity contribution >= 4 is 10.8 Å². The average molecular weight is 410 g/mol. The van der Waals surface area contributed by atoms with Gasteiger partial charge in [0.1, 0.15) is 11.1 Å². The first kappa shape index (κ1) is 21.4. The van der Waals surface area contributed by atoms with Crippen molar-refractivity contribution < 1.29 is 27.1 Å². The summed E-state index contributed by atoms with van der Waals surface area (Å²) in [4.78, 5) is 12.1. The van der Waals surface area contributed by atoms with Gasteiger partial charge in [-0.15, -0.1) is 0 Å². The maximum Gasteiger partial charge on any atom is 0.400 e. The molecule has 1 aliphatic rings. The van der Waals surface area contributed by atoms with E-state index in [1.54, 1.807) is 14.0 Å². The van der Waals surface area contributed by atoms with Gasteiger partial charge in [-0.1, -0.05) is 25.1 Å². The second-order valence-corrected chi connectivity index (χ2v) is 7.35. The number of allylic oxidation sites excluding steroid dienone is 1. The Bertz CT molecular complexity index is 928. The Morgan fingerprint density at radius 2 is 1.97 bits per heavy atom. The van der Waals surface area contributed by atoms with Crippen LogP contribution in [0.4, 0.5) is 13.2 Å². The third kappa shape index (κ3) is 4.83. The second kappa shape index (κ2) is 9.03. The molecular weight excluding hydrogens is 385 g/mol. The number of alkyl halides is 2. The first-order valence-corrected chi connectivity index (χ1v) is 9.83. The average Bonchev–Trinajstić information content (AvgIpc) is 2.70. The summed E-state index contributed by atoms with van der Waals surface area (Å²) >= 11 is 0. The van der Waals surface area contributed by atoms with Crippen LogP contribution in [-0.4, -0.2) is 19.8 Å². The Kier molecular flexibility index (Phi) is 6.67. The van der Waals surface area contributed by atoms with Crippen molar-refractivity contribution in [1.29, 1.82) is 0 Å². The molecule has 0 spiro atoms. The van der Waals surface area contributed by atoms with Crippen LogP contribution in [0.2, 0.25) is 0 Å². The minimum atomic E-state index is -3.53. The van der Waals surface area contributed by atoms with Crippen LogP contribution in [0.1, 0.15) is 38.4 Å². The monoisotopic (exact) mass is 410 g/mol. The largest absolute Gasteiger partial charge is 0.429 e. The Labute approximate surface area is 167 Å². The molecule has 1 saturated carbocycles. The predicted octanol–water partition coefficient (Wildman–Crippen LogP) is 5.48. The maximum absolute atomic E-state index is 14.8. The zero-order chi connectivity index (χ0) is 21.0. The number of hydrogen-bond acceptors (Lipinski definition) is 4. The van der Waals surface area contributed by atoms with E-state index >= 15 is 0 Å². The molecule has 1 aliphatic carbocycles. The fourth-order valence-corrected chi connectivity index (χ4v) is 3.75. The molecule has 0 radical (unpaired) electrons. The highest BCUT2D eigenvalue weighted by atomic mass is 19.3. The Morgan fingerprint density at radius 1 is 1.24 bits per heavy atom. The summed E-state index contributed by atoms with van der Waals surface area (Å²) in [5.74, 6) is -2.14. The minimum Gasteiger partial charge on any atom is -0.429 e. The lowest BCUT2D eigenvalue weighted by atomic mass is 9.81. The highest BCUT2D eigenvalue weighted by Crippen LogP contribution is 2.41. The van der Waals surface area contributed by atoms with Crippen LogP contribution >= 0.6 is 0 Å². The molecule has 1 heterocycles. The first-order valence-electron chi connectivity index (χ1n) is 9.83. The van der Waals surface area contributed by atoms with Crippen LogP contribution in [0, 0.1) is 17.7 Å². The molecule has 0 amide bonds. The third-order valence-corrected chi connectivity index (χ3v) is 5.40. The van der Waals surface area contributed by atoms with Gasteiger partial charge >= 0.3 is 11.7 Å². The second-order valence-electron chi connectivity index (χ2n) is 7.35. The van der Waals surface area contributed by atoms with E-state index in [4.69, 9.17) is 13.9 Å². The molecule has 1 aromatic carbocycles. The van der Waals surface area contributed by atoms with Gasteiger partial charge in [-0.3, -0.25) is 0 Å². The number of ether oxygens (including phenoxy) is 2. The van der Waals surface area contributed by atoms with Crippen LogP contribution in [0.3, 0.4) is 0 Å². The van der Waals surface area contributed by atoms with Gasteiger partial charge in [-0.25, -0.2) is 9.18 Å². The summed E-state index contributed by atoms with van der Waals surface area (Å²) in [5.41, 5.74) is -0.894. The molecule has 0 saturated heterocycles. The number of methoxy groups -OCH3 is 1. The van der Waals surface area contributed by atoms with Crippen molar-refractivity contribution in [2.45, 2.75) is 45.1 Å². The van der Waals surface area contributed by atoms with Crippen LogP contribution in [0.15, 0.2) is 39.6 Å². The highest BCUT2D eigenvalue weighted by molar-refractivity contribution is 5.83.